The lowest BCUT2D eigenvalue weighted by Gasteiger charge is -2.34. The summed E-state index contributed by atoms with van der Waals surface area (Å²) in [5, 5.41) is 20.5. The summed E-state index contributed by atoms with van der Waals surface area (Å²) in [6, 6.07) is -1.15. The molecule has 0 bridgehead atoms. The molecule has 1 aliphatic rings. The van der Waals surface area contributed by atoms with E-state index in [0.717, 1.165) is 0 Å². The van der Waals surface area contributed by atoms with Gasteiger partial charge in [-0.2, -0.15) is 11.8 Å². The van der Waals surface area contributed by atoms with Crippen LogP contribution in [-0.4, -0.2) is 89.4 Å². The maximum absolute atomic E-state index is 12.0. The van der Waals surface area contributed by atoms with E-state index in [1.807, 2.05) is 6.26 Å². The first kappa shape index (κ1) is 17.1. The van der Waals surface area contributed by atoms with Crippen molar-refractivity contribution in [3.8, 4) is 0 Å². The number of hydrogen-bond acceptors (Lipinski definition) is 5. The minimum atomic E-state index is -0.994. The number of aliphatic hydroxyl groups is 1. The highest BCUT2D eigenvalue weighted by molar-refractivity contribution is 7.98. The Morgan fingerprint density at radius 3 is 2.45 bits per heavy atom. The summed E-state index contributed by atoms with van der Waals surface area (Å²) in [7, 11) is 0. The number of piperazine rings is 1. The van der Waals surface area contributed by atoms with Crippen molar-refractivity contribution in [3.05, 3.63) is 0 Å². The summed E-state index contributed by atoms with van der Waals surface area (Å²) in [4.78, 5) is 26.8. The Labute approximate surface area is 123 Å². The van der Waals surface area contributed by atoms with Gasteiger partial charge in [-0.3, -0.25) is 4.90 Å². The molecule has 1 rings (SSSR count). The second-order valence-corrected chi connectivity index (χ2v) is 5.66. The Kier molecular flexibility index (Phi) is 7.71. The number of hydrogen-bond donors (Lipinski definition) is 3. The molecule has 0 aromatic carbocycles. The van der Waals surface area contributed by atoms with Gasteiger partial charge in [0.05, 0.1) is 6.61 Å². The van der Waals surface area contributed by atoms with Gasteiger partial charge >= 0.3 is 12.0 Å². The summed E-state index contributed by atoms with van der Waals surface area (Å²) in [6.45, 7) is 3.25. The zero-order valence-corrected chi connectivity index (χ0v) is 12.6. The van der Waals surface area contributed by atoms with E-state index < -0.39 is 12.0 Å². The number of aliphatic hydroxyl groups excluding tert-OH is 1. The molecule has 0 spiro atoms. The van der Waals surface area contributed by atoms with Crippen LogP contribution in [0.5, 0.6) is 0 Å². The normalized spacial score (nSPS) is 17.8. The Bertz CT molecular complexity index is 322. The van der Waals surface area contributed by atoms with Crippen molar-refractivity contribution in [1.29, 1.82) is 0 Å². The molecule has 0 radical (unpaired) electrons. The number of amides is 2. The first-order valence-electron chi connectivity index (χ1n) is 6.69. The number of carboxylic acids is 1. The molecule has 1 aliphatic heterocycles. The largest absolute Gasteiger partial charge is 0.480 e. The van der Waals surface area contributed by atoms with Crippen LogP contribution in [0.25, 0.3) is 0 Å². The lowest BCUT2D eigenvalue weighted by atomic mass is 10.2. The molecule has 0 unspecified atom stereocenters. The molecule has 116 valence electrons. The average molecular weight is 305 g/mol. The van der Waals surface area contributed by atoms with Gasteiger partial charge < -0.3 is 20.4 Å². The third-order valence-electron chi connectivity index (χ3n) is 3.28. The van der Waals surface area contributed by atoms with Gasteiger partial charge in [-0.15, -0.1) is 0 Å². The van der Waals surface area contributed by atoms with Crippen LogP contribution in [0.3, 0.4) is 0 Å². The highest BCUT2D eigenvalue weighted by Crippen LogP contribution is 2.05. The average Bonchev–Trinajstić information content (AvgIpc) is 2.44. The zero-order chi connectivity index (χ0) is 15.0. The third kappa shape index (κ3) is 5.56. The van der Waals surface area contributed by atoms with E-state index in [1.165, 1.54) is 0 Å². The first-order chi connectivity index (χ1) is 9.58. The number of carboxylic acid groups (broad SMARTS) is 1. The van der Waals surface area contributed by atoms with E-state index in [0.29, 0.717) is 44.9 Å². The van der Waals surface area contributed by atoms with E-state index in [-0.39, 0.29) is 12.6 Å². The number of β-amino-alcohol motifs (C(OH)–C–C–N with tert-alkyl or cyclic N) is 1. The zero-order valence-electron chi connectivity index (χ0n) is 11.7. The number of carbonyl (C=O) groups excluding carboxylic acids is 1. The maximum Gasteiger partial charge on any atom is 0.326 e. The lowest BCUT2D eigenvalue weighted by molar-refractivity contribution is -0.139. The molecule has 1 heterocycles. The molecule has 0 aromatic rings. The van der Waals surface area contributed by atoms with Gasteiger partial charge in [0.25, 0.3) is 0 Å². The van der Waals surface area contributed by atoms with Gasteiger partial charge in [0.2, 0.25) is 0 Å². The predicted molar refractivity (Wildman–Crippen MR) is 78.1 cm³/mol. The van der Waals surface area contributed by atoms with Gasteiger partial charge in [-0.05, 0) is 18.4 Å². The Hall–Kier alpha value is -0.990. The second kappa shape index (κ2) is 9.04. The summed E-state index contributed by atoms with van der Waals surface area (Å²) < 4.78 is 0. The molecule has 0 aliphatic carbocycles. The highest BCUT2D eigenvalue weighted by Gasteiger charge is 2.25. The van der Waals surface area contributed by atoms with Gasteiger partial charge in [0, 0.05) is 32.7 Å². The molecule has 3 N–H and O–H groups in total. The van der Waals surface area contributed by atoms with Crippen LogP contribution in [0.4, 0.5) is 4.79 Å². The highest BCUT2D eigenvalue weighted by atomic mass is 32.2. The minimum Gasteiger partial charge on any atom is -0.480 e. The minimum absolute atomic E-state index is 0.113. The van der Waals surface area contributed by atoms with Crippen molar-refractivity contribution in [2.45, 2.75) is 12.5 Å². The fraction of sp³-hybridized carbons (Fsp3) is 0.833. The summed E-state index contributed by atoms with van der Waals surface area (Å²) in [5.41, 5.74) is 0. The van der Waals surface area contributed by atoms with Crippen molar-refractivity contribution in [1.82, 2.24) is 15.1 Å². The topological polar surface area (TPSA) is 93.1 Å². The molecule has 1 fully saturated rings. The summed E-state index contributed by atoms with van der Waals surface area (Å²) >= 11 is 1.56. The van der Waals surface area contributed by atoms with Gasteiger partial charge in [-0.1, -0.05) is 0 Å². The van der Waals surface area contributed by atoms with Crippen LogP contribution < -0.4 is 5.32 Å². The number of aliphatic carboxylic acids is 1. The number of urea groups is 1. The molecule has 0 saturated carbocycles. The molecule has 1 atom stereocenters. The number of nitrogens with zero attached hydrogens (tertiary/aromatic N) is 2. The van der Waals surface area contributed by atoms with Crippen molar-refractivity contribution in [2.24, 2.45) is 0 Å². The SMILES string of the molecule is CSCC[C@@H](NC(=O)N1CCN(CCO)CC1)C(=O)O. The maximum atomic E-state index is 12.0. The van der Waals surface area contributed by atoms with Crippen molar-refractivity contribution < 1.29 is 19.8 Å². The fourth-order valence-electron chi connectivity index (χ4n) is 2.05. The van der Waals surface area contributed by atoms with E-state index in [9.17, 15) is 9.59 Å². The fourth-order valence-corrected chi connectivity index (χ4v) is 2.52. The Morgan fingerprint density at radius 1 is 1.30 bits per heavy atom. The molecule has 2 amide bonds. The van der Waals surface area contributed by atoms with Gasteiger partial charge in [0.1, 0.15) is 6.04 Å². The third-order valence-corrected chi connectivity index (χ3v) is 3.93. The quantitative estimate of drug-likeness (QED) is 0.588. The second-order valence-electron chi connectivity index (χ2n) is 4.67. The molecule has 0 aromatic heterocycles. The van der Waals surface area contributed by atoms with Crippen LogP contribution in [0.2, 0.25) is 0 Å². The van der Waals surface area contributed by atoms with Crippen molar-refractivity contribution in [3.63, 3.8) is 0 Å². The molecule has 1 saturated heterocycles. The number of nitrogens with one attached hydrogen (secondary N) is 1. The first-order valence-corrected chi connectivity index (χ1v) is 8.08. The predicted octanol–water partition coefficient (Wildman–Crippen LogP) is -0.488. The summed E-state index contributed by atoms with van der Waals surface area (Å²) in [6.07, 6.45) is 2.33. The van der Waals surface area contributed by atoms with Crippen LogP contribution in [-0.2, 0) is 4.79 Å². The lowest BCUT2D eigenvalue weighted by Crippen LogP contribution is -2.55. The van der Waals surface area contributed by atoms with Crippen molar-refractivity contribution in [2.75, 3.05) is 51.3 Å². The van der Waals surface area contributed by atoms with Crippen molar-refractivity contribution >= 4 is 23.8 Å². The van der Waals surface area contributed by atoms with Gasteiger partial charge in [0.15, 0.2) is 0 Å². The number of rotatable bonds is 7. The Morgan fingerprint density at radius 2 is 1.95 bits per heavy atom. The summed E-state index contributed by atoms with van der Waals surface area (Å²) in [5.74, 6) is -0.298. The van der Waals surface area contributed by atoms with Crippen LogP contribution in [0, 0.1) is 0 Å². The van der Waals surface area contributed by atoms with E-state index >= 15 is 0 Å². The molecule has 20 heavy (non-hydrogen) atoms. The van der Waals surface area contributed by atoms with Gasteiger partial charge in [-0.25, -0.2) is 9.59 Å². The standard InChI is InChI=1S/C12H23N3O4S/c1-20-9-2-10(11(17)18)13-12(19)15-5-3-14(4-6-15)7-8-16/h10,16H,2-9H2,1H3,(H,13,19)(H,17,18)/t10-/m1/s1. The van der Waals surface area contributed by atoms with Crippen LogP contribution in [0.1, 0.15) is 6.42 Å². The van der Waals surface area contributed by atoms with E-state index in [4.69, 9.17) is 10.2 Å². The molecule has 8 heteroatoms. The van der Waals surface area contributed by atoms with E-state index in [1.54, 1.807) is 16.7 Å². The smallest absolute Gasteiger partial charge is 0.326 e. The van der Waals surface area contributed by atoms with Crippen LogP contribution in [0.15, 0.2) is 0 Å². The Balaban J connectivity index is 2.39. The monoisotopic (exact) mass is 305 g/mol. The number of carbonyl (C=O) groups is 2. The number of thioether (sulfide) groups is 1. The van der Waals surface area contributed by atoms with E-state index in [2.05, 4.69) is 10.2 Å². The van der Waals surface area contributed by atoms with Crippen LogP contribution >= 0.6 is 11.8 Å². The molecule has 7 nitrogen and oxygen atoms in total. The molecular weight excluding hydrogens is 282 g/mol. The molecular formula is C12H23N3O4S.